The molecule has 1 amide bonds. The second-order valence-corrected chi connectivity index (χ2v) is 4.14. The van der Waals surface area contributed by atoms with Crippen LogP contribution in [0.15, 0.2) is 30.5 Å². The Morgan fingerprint density at radius 2 is 2.21 bits per heavy atom. The number of primary amides is 1. The summed E-state index contributed by atoms with van der Waals surface area (Å²) in [4.78, 5) is 15.3. The zero-order chi connectivity index (χ0) is 10.1. The molecular formula is C10H7IN2O. The molecule has 0 aliphatic rings. The first-order valence-corrected chi connectivity index (χ1v) is 5.10. The predicted octanol–water partition coefficient (Wildman–Crippen LogP) is 1.94. The van der Waals surface area contributed by atoms with Gasteiger partial charge < -0.3 is 5.73 Å². The highest BCUT2D eigenvalue weighted by Gasteiger charge is 2.06. The number of amides is 1. The first-order chi connectivity index (χ1) is 6.68. The molecular weight excluding hydrogens is 291 g/mol. The van der Waals surface area contributed by atoms with Crippen molar-refractivity contribution in [2.45, 2.75) is 0 Å². The number of para-hydroxylation sites is 1. The molecule has 4 heteroatoms. The van der Waals surface area contributed by atoms with E-state index in [1.54, 1.807) is 18.3 Å². The van der Waals surface area contributed by atoms with Crippen molar-refractivity contribution >= 4 is 39.4 Å². The second kappa shape index (κ2) is 3.53. The van der Waals surface area contributed by atoms with Crippen LogP contribution in [0, 0.1) is 3.57 Å². The molecule has 0 fully saturated rings. The first kappa shape index (κ1) is 9.39. The molecule has 1 aromatic carbocycles. The third-order valence-electron chi connectivity index (χ3n) is 1.94. The van der Waals surface area contributed by atoms with Gasteiger partial charge in [0.1, 0.15) is 0 Å². The molecule has 0 atom stereocenters. The number of nitrogens with two attached hydrogens (primary N) is 1. The van der Waals surface area contributed by atoms with Gasteiger partial charge in [0.25, 0.3) is 5.91 Å². The number of carbonyl (C=O) groups is 1. The van der Waals surface area contributed by atoms with E-state index >= 15 is 0 Å². The summed E-state index contributed by atoms with van der Waals surface area (Å²) in [6.45, 7) is 0. The van der Waals surface area contributed by atoms with Crippen LogP contribution < -0.4 is 5.73 Å². The van der Waals surface area contributed by atoms with Gasteiger partial charge in [-0.25, -0.2) is 0 Å². The lowest BCUT2D eigenvalue weighted by Gasteiger charge is -2.01. The van der Waals surface area contributed by atoms with Gasteiger partial charge in [-0.05, 0) is 34.7 Å². The molecule has 2 rings (SSSR count). The van der Waals surface area contributed by atoms with E-state index in [1.165, 1.54) is 0 Å². The number of halogens is 1. The standard InChI is InChI=1S/C10H7IN2O/c11-7-4-6-2-1-3-8(10(12)14)9(6)13-5-7/h1-5H,(H2,12,14). The molecule has 0 spiro atoms. The maximum atomic E-state index is 11.1. The van der Waals surface area contributed by atoms with E-state index in [4.69, 9.17) is 5.73 Å². The molecule has 2 N–H and O–H groups in total. The van der Waals surface area contributed by atoms with Gasteiger partial charge in [-0.2, -0.15) is 0 Å². The Labute approximate surface area is 94.5 Å². The fourth-order valence-corrected chi connectivity index (χ4v) is 1.81. The number of aromatic nitrogens is 1. The van der Waals surface area contributed by atoms with E-state index in [2.05, 4.69) is 27.6 Å². The van der Waals surface area contributed by atoms with Crippen molar-refractivity contribution in [3.8, 4) is 0 Å². The zero-order valence-corrected chi connectivity index (χ0v) is 9.36. The Morgan fingerprint density at radius 3 is 2.93 bits per heavy atom. The fraction of sp³-hybridized carbons (Fsp3) is 0. The third kappa shape index (κ3) is 1.57. The molecule has 0 bridgehead atoms. The maximum Gasteiger partial charge on any atom is 0.250 e. The Morgan fingerprint density at radius 1 is 1.43 bits per heavy atom. The van der Waals surface area contributed by atoms with Gasteiger partial charge in [-0.3, -0.25) is 9.78 Å². The van der Waals surface area contributed by atoms with Crippen LogP contribution in [-0.4, -0.2) is 10.9 Å². The zero-order valence-electron chi connectivity index (χ0n) is 7.20. The highest BCUT2D eigenvalue weighted by Crippen LogP contribution is 2.18. The normalized spacial score (nSPS) is 10.4. The molecule has 3 nitrogen and oxygen atoms in total. The molecule has 0 aliphatic carbocycles. The number of carbonyl (C=O) groups excluding carboxylic acids is 1. The van der Waals surface area contributed by atoms with E-state index in [0.717, 1.165) is 8.96 Å². The minimum atomic E-state index is -0.440. The van der Waals surface area contributed by atoms with Gasteiger partial charge >= 0.3 is 0 Å². The Hall–Kier alpha value is -1.17. The molecule has 14 heavy (non-hydrogen) atoms. The average molecular weight is 298 g/mol. The molecule has 1 heterocycles. The largest absolute Gasteiger partial charge is 0.366 e. The maximum absolute atomic E-state index is 11.1. The van der Waals surface area contributed by atoms with Crippen molar-refractivity contribution in [2.24, 2.45) is 5.73 Å². The molecule has 0 saturated carbocycles. The topological polar surface area (TPSA) is 56.0 Å². The van der Waals surface area contributed by atoms with E-state index in [1.807, 2.05) is 12.1 Å². The number of nitrogens with zero attached hydrogens (tertiary/aromatic N) is 1. The van der Waals surface area contributed by atoms with Crippen LogP contribution >= 0.6 is 22.6 Å². The summed E-state index contributed by atoms with van der Waals surface area (Å²) in [5.74, 6) is -0.440. The summed E-state index contributed by atoms with van der Waals surface area (Å²) in [5, 5.41) is 0.938. The minimum Gasteiger partial charge on any atom is -0.366 e. The van der Waals surface area contributed by atoms with Gasteiger partial charge in [0.2, 0.25) is 0 Å². The first-order valence-electron chi connectivity index (χ1n) is 4.02. The van der Waals surface area contributed by atoms with Crippen LogP contribution in [0.1, 0.15) is 10.4 Å². The number of hydrogen-bond donors (Lipinski definition) is 1. The Kier molecular flexibility index (Phi) is 2.37. The van der Waals surface area contributed by atoms with Crippen LogP contribution in [0.4, 0.5) is 0 Å². The quantitative estimate of drug-likeness (QED) is 0.818. The summed E-state index contributed by atoms with van der Waals surface area (Å²) in [5.41, 5.74) is 6.38. The van der Waals surface area contributed by atoms with Crippen molar-refractivity contribution in [1.29, 1.82) is 0 Å². The smallest absolute Gasteiger partial charge is 0.250 e. The predicted molar refractivity (Wildman–Crippen MR) is 63.0 cm³/mol. The molecule has 0 unspecified atom stereocenters. The second-order valence-electron chi connectivity index (χ2n) is 2.90. The summed E-state index contributed by atoms with van der Waals surface area (Å²) < 4.78 is 1.04. The van der Waals surface area contributed by atoms with Crippen molar-refractivity contribution < 1.29 is 4.79 Å². The molecule has 70 valence electrons. The molecule has 1 aromatic heterocycles. The van der Waals surface area contributed by atoms with Crippen LogP contribution in [0.2, 0.25) is 0 Å². The van der Waals surface area contributed by atoms with Crippen LogP contribution in [0.3, 0.4) is 0 Å². The highest BCUT2D eigenvalue weighted by molar-refractivity contribution is 14.1. The van der Waals surface area contributed by atoms with Crippen molar-refractivity contribution in [3.63, 3.8) is 0 Å². The van der Waals surface area contributed by atoms with E-state index in [9.17, 15) is 4.79 Å². The summed E-state index contributed by atoms with van der Waals surface area (Å²) >= 11 is 2.18. The average Bonchev–Trinajstić information content (AvgIpc) is 2.16. The third-order valence-corrected chi connectivity index (χ3v) is 2.53. The van der Waals surface area contributed by atoms with Gasteiger partial charge in [-0.1, -0.05) is 12.1 Å². The lowest BCUT2D eigenvalue weighted by atomic mass is 10.1. The summed E-state index contributed by atoms with van der Waals surface area (Å²) in [7, 11) is 0. The van der Waals surface area contributed by atoms with E-state index in [-0.39, 0.29) is 0 Å². The van der Waals surface area contributed by atoms with Crippen LogP contribution in [0.5, 0.6) is 0 Å². The van der Waals surface area contributed by atoms with Crippen molar-refractivity contribution in [2.75, 3.05) is 0 Å². The summed E-state index contributed by atoms with van der Waals surface area (Å²) in [6, 6.07) is 7.37. The van der Waals surface area contributed by atoms with Crippen molar-refractivity contribution in [3.05, 3.63) is 39.6 Å². The van der Waals surface area contributed by atoms with E-state index < -0.39 is 5.91 Å². The lowest BCUT2D eigenvalue weighted by Crippen LogP contribution is -2.11. The lowest BCUT2D eigenvalue weighted by molar-refractivity contribution is 0.100. The molecule has 0 saturated heterocycles. The SMILES string of the molecule is NC(=O)c1cccc2cc(I)cnc12. The minimum absolute atomic E-state index is 0.440. The number of benzene rings is 1. The van der Waals surface area contributed by atoms with Gasteiger partial charge in [0, 0.05) is 15.2 Å². The van der Waals surface area contributed by atoms with Gasteiger partial charge in [-0.15, -0.1) is 0 Å². The number of pyridine rings is 1. The molecule has 2 aromatic rings. The number of hydrogen-bond acceptors (Lipinski definition) is 2. The fourth-order valence-electron chi connectivity index (χ4n) is 1.33. The Balaban J connectivity index is 2.81. The summed E-state index contributed by atoms with van der Waals surface area (Å²) in [6.07, 6.45) is 1.72. The number of fused-ring (bicyclic) bond motifs is 1. The monoisotopic (exact) mass is 298 g/mol. The van der Waals surface area contributed by atoms with Crippen LogP contribution in [-0.2, 0) is 0 Å². The number of rotatable bonds is 1. The van der Waals surface area contributed by atoms with E-state index in [0.29, 0.717) is 11.1 Å². The Bertz CT molecular complexity index is 510. The van der Waals surface area contributed by atoms with Crippen LogP contribution in [0.25, 0.3) is 10.9 Å². The molecule has 0 radical (unpaired) electrons. The van der Waals surface area contributed by atoms with Gasteiger partial charge in [0.15, 0.2) is 0 Å². The molecule has 0 aliphatic heterocycles. The van der Waals surface area contributed by atoms with Crippen molar-refractivity contribution in [1.82, 2.24) is 4.98 Å². The van der Waals surface area contributed by atoms with Gasteiger partial charge in [0.05, 0.1) is 11.1 Å². The highest BCUT2D eigenvalue weighted by atomic mass is 127.